The summed E-state index contributed by atoms with van der Waals surface area (Å²) in [4.78, 5) is 0.119. The van der Waals surface area contributed by atoms with E-state index in [9.17, 15) is 8.42 Å². The lowest BCUT2D eigenvalue weighted by Gasteiger charge is -2.07. The Morgan fingerprint density at radius 1 is 1.10 bits per heavy atom. The molecule has 21 heavy (non-hydrogen) atoms. The number of fused-ring (bicyclic) bond motifs is 1. The Morgan fingerprint density at radius 2 is 1.86 bits per heavy atom. The third-order valence-corrected chi connectivity index (χ3v) is 5.12. The molecule has 112 valence electrons. The van der Waals surface area contributed by atoms with E-state index in [2.05, 4.69) is 14.8 Å². The second-order valence-electron chi connectivity index (χ2n) is 5.25. The SMILES string of the molecule is O=S(=O)(Cl)c1ccc(Cc2nnc3n2CCCCC3)cc1. The minimum absolute atomic E-state index is 0.119. The van der Waals surface area contributed by atoms with Gasteiger partial charge >= 0.3 is 0 Å². The molecular weight excluding hydrogens is 310 g/mol. The number of rotatable bonds is 3. The van der Waals surface area contributed by atoms with Gasteiger partial charge in [-0.25, -0.2) is 8.42 Å². The number of aromatic nitrogens is 3. The van der Waals surface area contributed by atoms with Gasteiger partial charge in [-0.05, 0) is 30.5 Å². The fourth-order valence-electron chi connectivity index (χ4n) is 2.63. The van der Waals surface area contributed by atoms with E-state index in [1.165, 1.54) is 25.0 Å². The molecule has 1 aliphatic rings. The molecule has 0 N–H and O–H groups in total. The molecule has 2 heterocycles. The van der Waals surface area contributed by atoms with Gasteiger partial charge in [-0.3, -0.25) is 0 Å². The molecule has 0 atom stereocenters. The van der Waals surface area contributed by atoms with Crippen LogP contribution in [0.4, 0.5) is 0 Å². The summed E-state index contributed by atoms with van der Waals surface area (Å²) in [5, 5.41) is 8.54. The second kappa shape index (κ2) is 5.77. The van der Waals surface area contributed by atoms with Crippen LogP contribution in [0.1, 0.15) is 36.5 Å². The highest BCUT2D eigenvalue weighted by Gasteiger charge is 2.15. The van der Waals surface area contributed by atoms with Crippen LogP contribution in [0.25, 0.3) is 0 Å². The molecule has 7 heteroatoms. The van der Waals surface area contributed by atoms with Crippen LogP contribution in [-0.2, 0) is 28.4 Å². The summed E-state index contributed by atoms with van der Waals surface area (Å²) in [6.07, 6.45) is 5.18. The summed E-state index contributed by atoms with van der Waals surface area (Å²) in [5.41, 5.74) is 0.999. The standard InChI is InChI=1S/C14H16ClN3O2S/c15-21(19,20)12-7-5-11(6-8-12)10-14-17-16-13-4-2-1-3-9-18(13)14/h5-8H,1-4,9-10H2. The lowest BCUT2D eigenvalue weighted by Crippen LogP contribution is -2.06. The van der Waals surface area contributed by atoms with E-state index in [1.807, 2.05) is 0 Å². The number of nitrogens with zero attached hydrogens (tertiary/aromatic N) is 3. The topological polar surface area (TPSA) is 64.8 Å². The number of hydrogen-bond acceptors (Lipinski definition) is 4. The molecule has 0 spiro atoms. The third-order valence-electron chi connectivity index (χ3n) is 3.75. The van der Waals surface area contributed by atoms with Crippen molar-refractivity contribution in [2.45, 2.75) is 43.5 Å². The summed E-state index contributed by atoms with van der Waals surface area (Å²) in [6, 6.07) is 6.59. The van der Waals surface area contributed by atoms with Gasteiger partial charge in [0, 0.05) is 30.1 Å². The molecule has 0 bridgehead atoms. The Morgan fingerprint density at radius 3 is 2.57 bits per heavy atom. The van der Waals surface area contributed by atoms with Gasteiger partial charge in [-0.15, -0.1) is 10.2 Å². The predicted octanol–water partition coefficient (Wildman–Crippen LogP) is 2.52. The van der Waals surface area contributed by atoms with E-state index in [0.717, 1.165) is 36.6 Å². The Labute approximate surface area is 128 Å². The summed E-state index contributed by atoms with van der Waals surface area (Å²) < 4.78 is 24.7. The van der Waals surface area contributed by atoms with Crippen LogP contribution < -0.4 is 0 Å². The molecule has 2 aromatic rings. The van der Waals surface area contributed by atoms with Crippen LogP contribution >= 0.6 is 10.7 Å². The van der Waals surface area contributed by atoms with Crippen LogP contribution in [0.2, 0.25) is 0 Å². The van der Waals surface area contributed by atoms with Gasteiger partial charge in [0.2, 0.25) is 0 Å². The van der Waals surface area contributed by atoms with Crippen molar-refractivity contribution in [3.05, 3.63) is 41.5 Å². The maximum Gasteiger partial charge on any atom is 0.261 e. The highest BCUT2D eigenvalue weighted by Crippen LogP contribution is 2.19. The van der Waals surface area contributed by atoms with Crippen molar-refractivity contribution in [1.29, 1.82) is 0 Å². The maximum absolute atomic E-state index is 11.2. The molecule has 0 amide bonds. The average Bonchev–Trinajstić information content (AvgIpc) is 2.68. The first-order valence-electron chi connectivity index (χ1n) is 6.98. The van der Waals surface area contributed by atoms with Crippen molar-refractivity contribution in [3.63, 3.8) is 0 Å². The van der Waals surface area contributed by atoms with E-state index in [0.29, 0.717) is 6.42 Å². The predicted molar refractivity (Wildman–Crippen MR) is 79.9 cm³/mol. The van der Waals surface area contributed by atoms with Gasteiger partial charge in [0.15, 0.2) is 0 Å². The van der Waals surface area contributed by atoms with Crippen molar-refractivity contribution < 1.29 is 8.42 Å². The van der Waals surface area contributed by atoms with Crippen molar-refractivity contribution in [1.82, 2.24) is 14.8 Å². The lowest BCUT2D eigenvalue weighted by molar-refractivity contribution is 0.609. The Bertz CT molecular complexity index is 738. The molecule has 0 saturated heterocycles. The molecular formula is C14H16ClN3O2S. The second-order valence-corrected chi connectivity index (χ2v) is 7.82. The average molecular weight is 326 g/mol. The van der Waals surface area contributed by atoms with Gasteiger partial charge in [0.25, 0.3) is 9.05 Å². The summed E-state index contributed by atoms with van der Waals surface area (Å²) in [5.74, 6) is 2.00. The fraction of sp³-hybridized carbons (Fsp3) is 0.429. The van der Waals surface area contributed by atoms with E-state index < -0.39 is 9.05 Å². The highest BCUT2D eigenvalue weighted by molar-refractivity contribution is 8.13. The summed E-state index contributed by atoms with van der Waals surface area (Å²) >= 11 is 0. The van der Waals surface area contributed by atoms with Crippen LogP contribution in [0.5, 0.6) is 0 Å². The van der Waals surface area contributed by atoms with E-state index in [-0.39, 0.29) is 4.90 Å². The van der Waals surface area contributed by atoms with E-state index in [1.54, 1.807) is 12.1 Å². The molecule has 0 aliphatic carbocycles. The minimum atomic E-state index is -3.66. The van der Waals surface area contributed by atoms with Crippen LogP contribution in [0.15, 0.2) is 29.2 Å². The van der Waals surface area contributed by atoms with Gasteiger partial charge in [-0.2, -0.15) is 0 Å². The van der Waals surface area contributed by atoms with Gasteiger partial charge in [0.05, 0.1) is 4.90 Å². The molecule has 0 unspecified atom stereocenters. The highest BCUT2D eigenvalue weighted by atomic mass is 35.7. The first kappa shape index (κ1) is 14.5. The summed E-state index contributed by atoms with van der Waals surface area (Å²) in [6.45, 7) is 0.964. The van der Waals surface area contributed by atoms with Gasteiger partial charge in [-0.1, -0.05) is 18.6 Å². The lowest BCUT2D eigenvalue weighted by atomic mass is 10.1. The van der Waals surface area contributed by atoms with Crippen molar-refractivity contribution in [2.75, 3.05) is 0 Å². The molecule has 5 nitrogen and oxygen atoms in total. The molecule has 1 aliphatic heterocycles. The largest absolute Gasteiger partial charge is 0.315 e. The van der Waals surface area contributed by atoms with Gasteiger partial charge < -0.3 is 4.57 Å². The number of hydrogen-bond donors (Lipinski definition) is 0. The fourth-order valence-corrected chi connectivity index (χ4v) is 3.40. The van der Waals surface area contributed by atoms with E-state index in [4.69, 9.17) is 10.7 Å². The van der Waals surface area contributed by atoms with E-state index >= 15 is 0 Å². The maximum atomic E-state index is 11.2. The molecule has 1 aromatic carbocycles. The molecule has 0 saturated carbocycles. The van der Waals surface area contributed by atoms with Crippen molar-refractivity contribution in [3.8, 4) is 0 Å². The molecule has 1 aromatic heterocycles. The third kappa shape index (κ3) is 3.27. The van der Waals surface area contributed by atoms with Gasteiger partial charge in [0.1, 0.15) is 11.6 Å². The Hall–Kier alpha value is -1.40. The number of aryl methyl sites for hydroxylation is 1. The number of halogens is 1. The van der Waals surface area contributed by atoms with Crippen LogP contribution in [-0.4, -0.2) is 23.2 Å². The normalized spacial score (nSPS) is 15.5. The quantitative estimate of drug-likeness (QED) is 0.813. The van der Waals surface area contributed by atoms with Crippen LogP contribution in [0.3, 0.4) is 0 Å². The first-order chi connectivity index (χ1) is 10.0. The summed E-state index contributed by atoms with van der Waals surface area (Å²) in [7, 11) is 1.65. The molecule has 3 rings (SSSR count). The first-order valence-corrected chi connectivity index (χ1v) is 9.29. The monoisotopic (exact) mass is 325 g/mol. The molecule has 0 radical (unpaired) electrons. The zero-order valence-electron chi connectivity index (χ0n) is 11.5. The Kier molecular flexibility index (Phi) is 3.99. The van der Waals surface area contributed by atoms with Crippen molar-refractivity contribution in [2.24, 2.45) is 0 Å². The molecule has 0 fully saturated rings. The zero-order chi connectivity index (χ0) is 14.9. The van der Waals surface area contributed by atoms with Crippen molar-refractivity contribution >= 4 is 19.7 Å². The zero-order valence-corrected chi connectivity index (χ0v) is 13.1. The number of benzene rings is 1. The van der Waals surface area contributed by atoms with Crippen LogP contribution in [0, 0.1) is 0 Å². The minimum Gasteiger partial charge on any atom is -0.315 e. The smallest absolute Gasteiger partial charge is 0.261 e. The Balaban J connectivity index is 1.82.